The van der Waals surface area contributed by atoms with Gasteiger partial charge in [-0.15, -0.1) is 0 Å². The number of nitrogens with zero attached hydrogens (tertiary/aromatic N) is 3. The van der Waals surface area contributed by atoms with Crippen molar-refractivity contribution in [3.8, 4) is 0 Å². The lowest BCUT2D eigenvalue weighted by Crippen LogP contribution is -2.03. The van der Waals surface area contributed by atoms with Gasteiger partial charge in [-0.1, -0.05) is 12.1 Å². The monoisotopic (exact) mass is 291 g/mol. The lowest BCUT2D eigenvalue weighted by molar-refractivity contribution is 0.0698. The summed E-state index contributed by atoms with van der Waals surface area (Å²) in [5.74, 6) is -0.984. The molecule has 108 valence electrons. The molecule has 4 rings (SSSR count). The van der Waals surface area contributed by atoms with Crippen LogP contribution in [0.15, 0.2) is 36.4 Å². The molecule has 0 aliphatic rings. The van der Waals surface area contributed by atoms with Gasteiger partial charge in [0.15, 0.2) is 5.65 Å². The van der Waals surface area contributed by atoms with Gasteiger partial charge in [0.2, 0.25) is 0 Å². The number of pyridine rings is 2. The zero-order valence-electron chi connectivity index (χ0n) is 12.2. The second-order valence-corrected chi connectivity index (χ2v) is 5.40. The number of imidazole rings is 1. The SMILES string of the molecule is Cc1cc2c(cc(C(=O)O)c3nc4ccccc4n32)c(C)n1. The summed E-state index contributed by atoms with van der Waals surface area (Å²) in [4.78, 5) is 20.6. The van der Waals surface area contributed by atoms with Crippen molar-refractivity contribution in [2.24, 2.45) is 0 Å². The summed E-state index contributed by atoms with van der Waals surface area (Å²) in [6.07, 6.45) is 0. The smallest absolute Gasteiger partial charge is 0.339 e. The van der Waals surface area contributed by atoms with Crippen LogP contribution in [0, 0.1) is 13.8 Å². The number of aromatic carboxylic acids is 1. The van der Waals surface area contributed by atoms with E-state index in [0.29, 0.717) is 5.65 Å². The van der Waals surface area contributed by atoms with E-state index in [1.165, 1.54) is 0 Å². The van der Waals surface area contributed by atoms with E-state index >= 15 is 0 Å². The summed E-state index contributed by atoms with van der Waals surface area (Å²) in [6.45, 7) is 3.83. The molecule has 1 aromatic carbocycles. The summed E-state index contributed by atoms with van der Waals surface area (Å²) in [7, 11) is 0. The highest BCUT2D eigenvalue weighted by atomic mass is 16.4. The molecule has 3 heterocycles. The predicted molar refractivity (Wildman–Crippen MR) is 84.4 cm³/mol. The van der Waals surface area contributed by atoms with E-state index in [0.717, 1.165) is 33.3 Å². The first-order chi connectivity index (χ1) is 10.6. The molecular formula is C17H13N3O2. The number of benzene rings is 1. The van der Waals surface area contributed by atoms with Gasteiger partial charge in [-0.05, 0) is 38.1 Å². The highest BCUT2D eigenvalue weighted by molar-refractivity contribution is 6.03. The summed E-state index contributed by atoms with van der Waals surface area (Å²) < 4.78 is 1.91. The fraction of sp³-hybridized carbons (Fsp3) is 0.118. The third kappa shape index (κ3) is 1.62. The van der Waals surface area contributed by atoms with Crippen LogP contribution in [0.3, 0.4) is 0 Å². The zero-order valence-corrected chi connectivity index (χ0v) is 12.2. The highest BCUT2D eigenvalue weighted by Crippen LogP contribution is 2.27. The van der Waals surface area contributed by atoms with E-state index in [9.17, 15) is 9.90 Å². The summed E-state index contributed by atoms with van der Waals surface area (Å²) >= 11 is 0. The topological polar surface area (TPSA) is 67.5 Å². The molecule has 0 aliphatic carbocycles. The molecule has 0 saturated carbocycles. The lowest BCUT2D eigenvalue weighted by Gasteiger charge is -2.09. The fourth-order valence-electron chi connectivity index (χ4n) is 3.00. The number of hydrogen-bond acceptors (Lipinski definition) is 3. The van der Waals surface area contributed by atoms with Gasteiger partial charge in [0.25, 0.3) is 0 Å². The molecule has 5 heteroatoms. The third-order valence-corrected chi connectivity index (χ3v) is 3.92. The van der Waals surface area contributed by atoms with Crippen molar-refractivity contribution in [1.82, 2.24) is 14.4 Å². The minimum Gasteiger partial charge on any atom is -0.478 e. The molecule has 0 bridgehead atoms. The average molecular weight is 291 g/mol. The quantitative estimate of drug-likeness (QED) is 0.584. The number of carboxylic acid groups (broad SMARTS) is 1. The van der Waals surface area contributed by atoms with Crippen molar-refractivity contribution in [2.75, 3.05) is 0 Å². The Hall–Kier alpha value is -2.95. The Kier molecular flexibility index (Phi) is 2.48. The number of carbonyl (C=O) groups is 1. The van der Waals surface area contributed by atoms with Gasteiger partial charge in [-0.25, -0.2) is 9.78 Å². The van der Waals surface area contributed by atoms with Crippen molar-refractivity contribution < 1.29 is 9.90 Å². The van der Waals surface area contributed by atoms with Gasteiger partial charge >= 0.3 is 5.97 Å². The van der Waals surface area contributed by atoms with E-state index in [4.69, 9.17) is 0 Å². The molecule has 3 aromatic heterocycles. The Labute approximate surface area is 125 Å². The highest BCUT2D eigenvalue weighted by Gasteiger charge is 2.18. The first-order valence-corrected chi connectivity index (χ1v) is 6.98. The Morgan fingerprint density at radius 2 is 1.86 bits per heavy atom. The van der Waals surface area contributed by atoms with Crippen LogP contribution >= 0.6 is 0 Å². The first-order valence-electron chi connectivity index (χ1n) is 6.98. The Morgan fingerprint density at radius 3 is 2.64 bits per heavy atom. The van der Waals surface area contributed by atoms with E-state index < -0.39 is 5.97 Å². The standard InChI is InChI=1S/C17H13N3O2/c1-9-7-15-11(10(2)18-9)8-12(17(21)22)16-19-13-5-3-4-6-14(13)20(15)16/h3-8H,1-2H3,(H,21,22). The molecule has 0 amide bonds. The van der Waals surface area contributed by atoms with Crippen molar-refractivity contribution in [3.63, 3.8) is 0 Å². The van der Waals surface area contributed by atoms with Crippen LogP contribution in [0.1, 0.15) is 21.7 Å². The number of aryl methyl sites for hydroxylation is 2. The Morgan fingerprint density at radius 1 is 1.09 bits per heavy atom. The molecule has 0 unspecified atom stereocenters. The van der Waals surface area contributed by atoms with Crippen LogP contribution in [0.5, 0.6) is 0 Å². The van der Waals surface area contributed by atoms with Gasteiger partial charge in [0.05, 0.1) is 16.6 Å². The lowest BCUT2D eigenvalue weighted by atomic mass is 10.1. The summed E-state index contributed by atoms with van der Waals surface area (Å²) in [6, 6.07) is 11.3. The van der Waals surface area contributed by atoms with Crippen molar-refractivity contribution in [2.45, 2.75) is 13.8 Å². The summed E-state index contributed by atoms with van der Waals surface area (Å²) in [5.41, 5.74) is 4.98. The van der Waals surface area contributed by atoms with Crippen molar-refractivity contribution >= 4 is 33.6 Å². The van der Waals surface area contributed by atoms with E-state index in [-0.39, 0.29) is 5.56 Å². The molecule has 22 heavy (non-hydrogen) atoms. The predicted octanol–water partition coefficient (Wildman–Crippen LogP) is 3.35. The van der Waals surface area contributed by atoms with Gasteiger partial charge < -0.3 is 5.11 Å². The number of aromatic nitrogens is 3. The Bertz CT molecular complexity index is 1080. The Balaban J connectivity index is 2.38. The maximum absolute atomic E-state index is 11.6. The van der Waals surface area contributed by atoms with Gasteiger partial charge in [0, 0.05) is 16.8 Å². The minimum atomic E-state index is -0.984. The maximum Gasteiger partial charge on any atom is 0.339 e. The zero-order chi connectivity index (χ0) is 15.4. The molecule has 0 spiro atoms. The molecule has 0 aliphatic heterocycles. The molecule has 0 radical (unpaired) electrons. The van der Waals surface area contributed by atoms with Gasteiger partial charge in [0.1, 0.15) is 5.56 Å². The number of para-hydroxylation sites is 2. The molecule has 0 atom stereocenters. The van der Waals surface area contributed by atoms with Crippen molar-refractivity contribution in [3.05, 3.63) is 53.3 Å². The molecule has 0 saturated heterocycles. The second-order valence-electron chi connectivity index (χ2n) is 5.40. The molecular weight excluding hydrogens is 278 g/mol. The second kappa shape index (κ2) is 4.27. The number of rotatable bonds is 1. The van der Waals surface area contributed by atoms with Crippen LogP contribution in [0.25, 0.3) is 27.6 Å². The summed E-state index contributed by atoms with van der Waals surface area (Å²) in [5, 5.41) is 10.4. The normalized spacial score (nSPS) is 11.5. The van der Waals surface area contributed by atoms with Gasteiger partial charge in [-0.3, -0.25) is 9.38 Å². The largest absolute Gasteiger partial charge is 0.478 e. The van der Waals surface area contributed by atoms with E-state index in [2.05, 4.69) is 9.97 Å². The van der Waals surface area contributed by atoms with Crippen molar-refractivity contribution in [1.29, 1.82) is 0 Å². The maximum atomic E-state index is 11.6. The fourth-order valence-corrected chi connectivity index (χ4v) is 3.00. The van der Waals surface area contributed by atoms with E-state index in [1.807, 2.05) is 48.6 Å². The number of fused-ring (bicyclic) bond motifs is 5. The van der Waals surface area contributed by atoms with Crippen LogP contribution in [0.2, 0.25) is 0 Å². The van der Waals surface area contributed by atoms with Crippen LogP contribution in [-0.4, -0.2) is 25.4 Å². The number of hydrogen-bond donors (Lipinski definition) is 1. The van der Waals surface area contributed by atoms with Crippen LogP contribution in [0.4, 0.5) is 0 Å². The minimum absolute atomic E-state index is 0.192. The third-order valence-electron chi connectivity index (χ3n) is 3.92. The molecule has 5 nitrogen and oxygen atoms in total. The number of carboxylic acids is 1. The first kappa shape index (κ1) is 12.8. The van der Waals surface area contributed by atoms with E-state index in [1.54, 1.807) is 6.07 Å². The molecule has 4 aromatic rings. The molecule has 1 N–H and O–H groups in total. The average Bonchev–Trinajstić information content (AvgIpc) is 2.85. The molecule has 0 fully saturated rings. The van der Waals surface area contributed by atoms with Gasteiger partial charge in [-0.2, -0.15) is 0 Å². The van der Waals surface area contributed by atoms with Crippen LogP contribution < -0.4 is 0 Å². The van der Waals surface area contributed by atoms with Crippen LogP contribution in [-0.2, 0) is 0 Å².